The largest absolute Gasteiger partial charge is 0.494 e. The van der Waals surface area contributed by atoms with Crippen LogP contribution in [0.3, 0.4) is 0 Å². The van der Waals surface area contributed by atoms with Gasteiger partial charge in [0.05, 0.1) is 18.1 Å². The van der Waals surface area contributed by atoms with Crippen LogP contribution in [0.15, 0.2) is 29.2 Å². The maximum absolute atomic E-state index is 12.0. The molecule has 0 saturated carbocycles. The topological polar surface area (TPSA) is 76.7 Å². The Morgan fingerprint density at radius 3 is 2.40 bits per heavy atom. The molecule has 0 unspecified atom stereocenters. The summed E-state index contributed by atoms with van der Waals surface area (Å²) in [5, 5.41) is 3.06. The summed E-state index contributed by atoms with van der Waals surface area (Å²) >= 11 is 0. The number of methoxy groups -OCH3 is 1. The van der Waals surface area contributed by atoms with E-state index in [2.05, 4.69) is 10.0 Å². The summed E-state index contributed by atoms with van der Waals surface area (Å²) in [6.45, 7) is 4.62. The highest BCUT2D eigenvalue weighted by molar-refractivity contribution is 7.89. The standard InChI is InChI=1S/C13H22N2O4S/c1-3-19-12-4-6-13(7-5-12)20(16,17)15-9-8-14-10-11-18-2/h4-7,14-15H,3,8-11H2,1-2H3. The number of rotatable bonds is 10. The minimum absolute atomic E-state index is 0.234. The Labute approximate surface area is 120 Å². The second kappa shape index (κ2) is 8.91. The lowest BCUT2D eigenvalue weighted by atomic mass is 10.3. The summed E-state index contributed by atoms with van der Waals surface area (Å²) in [7, 11) is -1.84. The third-order valence-corrected chi connectivity index (χ3v) is 4.00. The van der Waals surface area contributed by atoms with Crippen LogP contribution in [0.25, 0.3) is 0 Å². The van der Waals surface area contributed by atoms with Crippen molar-refractivity contribution >= 4 is 10.0 Å². The Morgan fingerprint density at radius 2 is 1.80 bits per heavy atom. The average Bonchev–Trinajstić information content (AvgIpc) is 2.44. The Morgan fingerprint density at radius 1 is 1.10 bits per heavy atom. The number of nitrogens with one attached hydrogen (secondary N) is 2. The lowest BCUT2D eigenvalue weighted by Crippen LogP contribution is -2.33. The van der Waals surface area contributed by atoms with E-state index in [1.54, 1.807) is 19.2 Å². The maximum Gasteiger partial charge on any atom is 0.240 e. The van der Waals surface area contributed by atoms with E-state index >= 15 is 0 Å². The van der Waals surface area contributed by atoms with Crippen molar-refractivity contribution in [2.75, 3.05) is 40.0 Å². The molecule has 6 nitrogen and oxygen atoms in total. The number of hydrogen-bond acceptors (Lipinski definition) is 5. The zero-order valence-electron chi connectivity index (χ0n) is 11.9. The molecule has 0 heterocycles. The van der Waals surface area contributed by atoms with Crippen LogP contribution in [0.2, 0.25) is 0 Å². The molecular weight excluding hydrogens is 280 g/mol. The SMILES string of the molecule is CCOc1ccc(S(=O)(=O)NCCNCCOC)cc1. The Bertz CT molecular complexity index is 474. The first-order valence-corrected chi connectivity index (χ1v) is 8.00. The van der Waals surface area contributed by atoms with Gasteiger partial charge in [-0.15, -0.1) is 0 Å². The van der Waals surface area contributed by atoms with Crippen molar-refractivity contribution in [3.8, 4) is 5.75 Å². The van der Waals surface area contributed by atoms with Crippen molar-refractivity contribution in [1.82, 2.24) is 10.0 Å². The van der Waals surface area contributed by atoms with Gasteiger partial charge in [-0.1, -0.05) is 0 Å². The first-order chi connectivity index (χ1) is 9.60. The molecule has 0 saturated heterocycles. The van der Waals surface area contributed by atoms with Crippen molar-refractivity contribution in [3.05, 3.63) is 24.3 Å². The van der Waals surface area contributed by atoms with Gasteiger partial charge in [-0.3, -0.25) is 0 Å². The van der Waals surface area contributed by atoms with Crippen molar-refractivity contribution in [2.24, 2.45) is 0 Å². The van der Waals surface area contributed by atoms with Gasteiger partial charge < -0.3 is 14.8 Å². The van der Waals surface area contributed by atoms with Crippen LogP contribution in [-0.2, 0) is 14.8 Å². The lowest BCUT2D eigenvalue weighted by molar-refractivity contribution is 0.199. The van der Waals surface area contributed by atoms with Gasteiger partial charge in [0, 0.05) is 26.7 Å². The second-order valence-corrected chi connectivity index (χ2v) is 5.81. The van der Waals surface area contributed by atoms with Gasteiger partial charge in [-0.05, 0) is 31.2 Å². The maximum atomic E-state index is 12.0. The summed E-state index contributed by atoms with van der Waals surface area (Å²) in [6, 6.07) is 6.36. The highest BCUT2D eigenvalue weighted by Gasteiger charge is 2.12. The van der Waals surface area contributed by atoms with E-state index in [9.17, 15) is 8.42 Å². The fourth-order valence-corrected chi connectivity index (χ4v) is 2.57. The quantitative estimate of drug-likeness (QED) is 0.619. The fourth-order valence-electron chi connectivity index (χ4n) is 1.54. The van der Waals surface area contributed by atoms with Gasteiger partial charge in [0.2, 0.25) is 10.0 Å². The normalized spacial score (nSPS) is 11.5. The zero-order chi connectivity index (χ0) is 14.8. The van der Waals surface area contributed by atoms with E-state index in [0.717, 1.165) is 0 Å². The van der Waals surface area contributed by atoms with Gasteiger partial charge in [0.15, 0.2) is 0 Å². The second-order valence-electron chi connectivity index (χ2n) is 4.04. The Kier molecular flexibility index (Phi) is 7.53. The smallest absolute Gasteiger partial charge is 0.240 e. The molecule has 1 aromatic rings. The molecule has 7 heteroatoms. The van der Waals surface area contributed by atoms with E-state index in [0.29, 0.717) is 38.6 Å². The molecule has 20 heavy (non-hydrogen) atoms. The van der Waals surface area contributed by atoms with Crippen molar-refractivity contribution < 1.29 is 17.9 Å². The molecule has 1 rings (SSSR count). The summed E-state index contributed by atoms with van der Waals surface area (Å²) in [5.41, 5.74) is 0. The fraction of sp³-hybridized carbons (Fsp3) is 0.538. The molecule has 0 aliphatic carbocycles. The first-order valence-electron chi connectivity index (χ1n) is 6.52. The number of ether oxygens (including phenoxy) is 2. The monoisotopic (exact) mass is 302 g/mol. The predicted octanol–water partition coefficient (Wildman–Crippen LogP) is 0.600. The van der Waals surface area contributed by atoms with E-state index in [4.69, 9.17) is 9.47 Å². The van der Waals surface area contributed by atoms with Gasteiger partial charge in [0.1, 0.15) is 5.75 Å². The highest BCUT2D eigenvalue weighted by atomic mass is 32.2. The summed E-state index contributed by atoms with van der Waals surface area (Å²) in [5.74, 6) is 0.660. The average molecular weight is 302 g/mol. The Balaban J connectivity index is 2.43. The molecule has 0 fully saturated rings. The molecule has 0 radical (unpaired) electrons. The van der Waals surface area contributed by atoms with E-state index in [1.807, 2.05) is 6.92 Å². The molecule has 114 valence electrons. The molecule has 0 atom stereocenters. The molecule has 1 aromatic carbocycles. The van der Waals surface area contributed by atoms with Crippen molar-refractivity contribution in [2.45, 2.75) is 11.8 Å². The third kappa shape index (κ3) is 5.87. The summed E-state index contributed by atoms with van der Waals surface area (Å²) < 4.78 is 36.7. The molecule has 2 N–H and O–H groups in total. The Hall–Kier alpha value is -1.15. The van der Waals surface area contributed by atoms with Crippen LogP contribution < -0.4 is 14.8 Å². The van der Waals surface area contributed by atoms with Gasteiger partial charge in [-0.2, -0.15) is 0 Å². The summed E-state index contributed by atoms with van der Waals surface area (Å²) in [6.07, 6.45) is 0. The first kappa shape index (κ1) is 16.9. The zero-order valence-corrected chi connectivity index (χ0v) is 12.7. The van der Waals surface area contributed by atoms with E-state index < -0.39 is 10.0 Å². The molecule has 0 amide bonds. The van der Waals surface area contributed by atoms with Gasteiger partial charge >= 0.3 is 0 Å². The van der Waals surface area contributed by atoms with Crippen LogP contribution in [0.4, 0.5) is 0 Å². The van der Waals surface area contributed by atoms with Crippen LogP contribution in [-0.4, -0.2) is 48.4 Å². The van der Waals surface area contributed by atoms with Gasteiger partial charge in [-0.25, -0.2) is 13.1 Å². The minimum atomic E-state index is -3.46. The van der Waals surface area contributed by atoms with E-state index in [1.165, 1.54) is 12.1 Å². The van der Waals surface area contributed by atoms with Crippen LogP contribution >= 0.6 is 0 Å². The molecule has 0 spiro atoms. The number of hydrogen-bond donors (Lipinski definition) is 2. The molecule has 0 aliphatic rings. The lowest BCUT2D eigenvalue weighted by Gasteiger charge is -2.08. The molecule has 0 bridgehead atoms. The molecular formula is C13H22N2O4S. The number of sulfonamides is 1. The van der Waals surface area contributed by atoms with Crippen LogP contribution in [0.5, 0.6) is 5.75 Å². The van der Waals surface area contributed by atoms with Gasteiger partial charge in [0.25, 0.3) is 0 Å². The third-order valence-electron chi connectivity index (χ3n) is 2.52. The van der Waals surface area contributed by atoms with Crippen LogP contribution in [0.1, 0.15) is 6.92 Å². The predicted molar refractivity (Wildman–Crippen MR) is 77.5 cm³/mol. The van der Waals surface area contributed by atoms with E-state index in [-0.39, 0.29) is 4.90 Å². The summed E-state index contributed by atoms with van der Waals surface area (Å²) in [4.78, 5) is 0.234. The van der Waals surface area contributed by atoms with Crippen LogP contribution in [0, 0.1) is 0 Å². The molecule has 0 aromatic heterocycles. The van der Waals surface area contributed by atoms with Crippen molar-refractivity contribution in [1.29, 1.82) is 0 Å². The minimum Gasteiger partial charge on any atom is -0.494 e. The highest BCUT2D eigenvalue weighted by Crippen LogP contribution is 2.15. The van der Waals surface area contributed by atoms with Crippen molar-refractivity contribution in [3.63, 3.8) is 0 Å². The molecule has 0 aliphatic heterocycles. The number of benzene rings is 1.